The fraction of sp³-hybridized carbons (Fsp3) is 0. The zero-order valence-corrected chi connectivity index (χ0v) is 14.0. The molecular weight excluding hydrogens is 408 g/mol. The molecule has 0 saturated heterocycles. The van der Waals surface area contributed by atoms with Gasteiger partial charge in [-0.1, -0.05) is 39.1 Å². The quantitative estimate of drug-likeness (QED) is 0.731. The molecule has 9 heteroatoms. The van der Waals surface area contributed by atoms with Crippen molar-refractivity contribution in [3.63, 3.8) is 0 Å². The highest BCUT2D eigenvalue weighted by molar-refractivity contribution is 9.10. The summed E-state index contributed by atoms with van der Waals surface area (Å²) in [5.41, 5.74) is -0.315. The van der Waals surface area contributed by atoms with Crippen molar-refractivity contribution in [3.8, 4) is 5.75 Å². The molecule has 2 aromatic rings. The van der Waals surface area contributed by atoms with Gasteiger partial charge in [0.05, 0.1) is 15.7 Å². The normalized spacial score (nSPS) is 11.4. The molecule has 0 aliphatic carbocycles. The van der Waals surface area contributed by atoms with Gasteiger partial charge in [-0.25, -0.2) is 12.8 Å². The molecule has 2 rings (SSSR count). The first-order valence-electron chi connectivity index (χ1n) is 5.36. The van der Waals surface area contributed by atoms with Crippen molar-refractivity contribution in [3.05, 3.63) is 50.7 Å². The maximum absolute atomic E-state index is 13.1. The third kappa shape index (κ3) is 3.60. The Morgan fingerprint density at radius 1 is 1.14 bits per heavy atom. The van der Waals surface area contributed by atoms with E-state index in [-0.39, 0.29) is 20.6 Å². The summed E-state index contributed by atoms with van der Waals surface area (Å²) in [7, 11) is -4.19. The van der Waals surface area contributed by atoms with E-state index in [2.05, 4.69) is 15.9 Å². The van der Waals surface area contributed by atoms with Crippen molar-refractivity contribution in [2.75, 3.05) is 4.72 Å². The molecule has 0 radical (unpaired) electrons. The molecule has 0 bridgehead atoms. The van der Waals surface area contributed by atoms with Crippen LogP contribution in [0.3, 0.4) is 0 Å². The van der Waals surface area contributed by atoms with E-state index in [0.717, 1.165) is 18.2 Å². The first kappa shape index (κ1) is 16.4. The number of benzene rings is 2. The highest BCUT2D eigenvalue weighted by Crippen LogP contribution is 2.35. The Morgan fingerprint density at radius 3 is 2.29 bits per heavy atom. The molecule has 0 fully saturated rings. The summed E-state index contributed by atoms with van der Waals surface area (Å²) >= 11 is 14.9. The number of rotatable bonds is 3. The molecule has 21 heavy (non-hydrogen) atoms. The number of hydrogen-bond donors (Lipinski definition) is 2. The first-order valence-corrected chi connectivity index (χ1v) is 8.40. The maximum Gasteiger partial charge on any atom is 0.265 e. The average molecular weight is 415 g/mol. The molecule has 112 valence electrons. The number of hydrogen-bond acceptors (Lipinski definition) is 3. The van der Waals surface area contributed by atoms with Gasteiger partial charge in [0.15, 0.2) is 0 Å². The third-order valence-corrected chi connectivity index (χ3v) is 5.18. The van der Waals surface area contributed by atoms with Gasteiger partial charge in [0.25, 0.3) is 10.0 Å². The molecular formula is C12H7BrCl2FNO3S. The molecule has 2 aromatic carbocycles. The second-order valence-corrected chi connectivity index (χ2v) is 7.31. The van der Waals surface area contributed by atoms with E-state index in [0.29, 0.717) is 4.47 Å². The van der Waals surface area contributed by atoms with Gasteiger partial charge < -0.3 is 5.11 Å². The molecule has 0 spiro atoms. The Morgan fingerprint density at radius 2 is 1.71 bits per heavy atom. The van der Waals surface area contributed by atoms with Gasteiger partial charge in [-0.2, -0.15) is 0 Å². The van der Waals surface area contributed by atoms with Crippen LogP contribution in [-0.2, 0) is 10.0 Å². The van der Waals surface area contributed by atoms with E-state index >= 15 is 0 Å². The fourth-order valence-corrected chi connectivity index (χ4v) is 4.58. The SMILES string of the molecule is O=S(=O)(Nc1cc(F)ccc1O)c1c(Cl)cc(Br)cc1Cl. The smallest absolute Gasteiger partial charge is 0.265 e. The number of halogens is 4. The number of anilines is 1. The van der Waals surface area contributed by atoms with Crippen molar-refractivity contribution in [2.24, 2.45) is 0 Å². The third-order valence-electron chi connectivity index (χ3n) is 2.43. The van der Waals surface area contributed by atoms with Gasteiger partial charge in [0, 0.05) is 10.5 Å². The molecule has 0 amide bonds. The summed E-state index contributed by atoms with van der Waals surface area (Å²) in [6.45, 7) is 0. The molecule has 0 aromatic heterocycles. The Bertz CT molecular complexity index is 791. The highest BCUT2D eigenvalue weighted by Gasteiger charge is 2.23. The average Bonchev–Trinajstić information content (AvgIpc) is 2.31. The van der Waals surface area contributed by atoms with E-state index in [1.54, 1.807) is 0 Å². The van der Waals surface area contributed by atoms with Crippen LogP contribution in [0.1, 0.15) is 0 Å². The first-order chi connectivity index (χ1) is 9.70. The van der Waals surface area contributed by atoms with E-state index < -0.39 is 21.6 Å². The summed E-state index contributed by atoms with van der Waals surface area (Å²) in [6.07, 6.45) is 0. The predicted molar refractivity (Wildman–Crippen MR) is 83.0 cm³/mol. The second-order valence-electron chi connectivity index (χ2n) is 3.97. The van der Waals surface area contributed by atoms with Crippen LogP contribution in [0.15, 0.2) is 39.7 Å². The van der Waals surface area contributed by atoms with Crippen molar-refractivity contribution >= 4 is 54.8 Å². The lowest BCUT2D eigenvalue weighted by Crippen LogP contribution is -2.14. The van der Waals surface area contributed by atoms with Crippen molar-refractivity contribution < 1.29 is 17.9 Å². The molecule has 2 N–H and O–H groups in total. The highest BCUT2D eigenvalue weighted by atomic mass is 79.9. The summed E-state index contributed by atoms with van der Waals surface area (Å²) in [4.78, 5) is -0.363. The van der Waals surface area contributed by atoms with Crippen LogP contribution in [0.4, 0.5) is 10.1 Å². The Balaban J connectivity index is 2.51. The molecule has 0 atom stereocenters. The minimum Gasteiger partial charge on any atom is -0.506 e. The second kappa shape index (κ2) is 6.00. The maximum atomic E-state index is 13.1. The topological polar surface area (TPSA) is 66.4 Å². The van der Waals surface area contributed by atoms with Crippen LogP contribution >= 0.6 is 39.1 Å². The van der Waals surface area contributed by atoms with Gasteiger partial charge in [-0.15, -0.1) is 0 Å². The van der Waals surface area contributed by atoms with Gasteiger partial charge in [-0.3, -0.25) is 4.72 Å². The minimum absolute atomic E-state index is 0.113. The van der Waals surface area contributed by atoms with Gasteiger partial charge in [0.2, 0.25) is 0 Å². The fourth-order valence-electron chi connectivity index (χ4n) is 1.57. The van der Waals surface area contributed by atoms with Crippen molar-refractivity contribution in [1.29, 1.82) is 0 Å². The van der Waals surface area contributed by atoms with Crippen LogP contribution in [0.25, 0.3) is 0 Å². The Labute approximate surface area is 138 Å². The van der Waals surface area contributed by atoms with Crippen LogP contribution in [0, 0.1) is 5.82 Å². The van der Waals surface area contributed by atoms with Gasteiger partial charge in [-0.05, 0) is 24.3 Å². The molecule has 0 heterocycles. The number of phenols is 1. The lowest BCUT2D eigenvalue weighted by atomic mass is 10.3. The largest absolute Gasteiger partial charge is 0.506 e. The lowest BCUT2D eigenvalue weighted by molar-refractivity contribution is 0.475. The zero-order valence-electron chi connectivity index (χ0n) is 10.1. The van der Waals surface area contributed by atoms with Crippen LogP contribution in [-0.4, -0.2) is 13.5 Å². The zero-order chi connectivity index (χ0) is 15.8. The molecule has 0 aliphatic rings. The van der Waals surface area contributed by atoms with E-state index in [1.165, 1.54) is 12.1 Å². The Kier molecular flexibility index (Phi) is 4.67. The van der Waals surface area contributed by atoms with E-state index in [1.807, 2.05) is 4.72 Å². The van der Waals surface area contributed by atoms with Crippen molar-refractivity contribution in [2.45, 2.75) is 4.90 Å². The van der Waals surface area contributed by atoms with E-state index in [4.69, 9.17) is 23.2 Å². The summed E-state index contributed by atoms with van der Waals surface area (Å²) in [5, 5.41) is 9.33. The lowest BCUT2D eigenvalue weighted by Gasteiger charge is -2.12. The number of phenolic OH excluding ortho intramolecular Hbond substituents is 1. The van der Waals surface area contributed by atoms with Gasteiger partial charge in [0.1, 0.15) is 16.5 Å². The minimum atomic E-state index is -4.19. The molecule has 0 saturated carbocycles. The van der Waals surface area contributed by atoms with Crippen molar-refractivity contribution in [1.82, 2.24) is 0 Å². The number of sulfonamides is 1. The number of aromatic hydroxyl groups is 1. The monoisotopic (exact) mass is 413 g/mol. The van der Waals surface area contributed by atoms with Crippen LogP contribution < -0.4 is 4.72 Å². The standard InChI is InChI=1S/C12H7BrCl2FNO3S/c13-6-3-8(14)12(9(15)4-6)21(19,20)17-10-5-7(16)1-2-11(10)18/h1-5,17-18H. The van der Waals surface area contributed by atoms with Crippen LogP contribution in [0.2, 0.25) is 10.0 Å². The van der Waals surface area contributed by atoms with Gasteiger partial charge >= 0.3 is 0 Å². The molecule has 0 unspecified atom stereocenters. The molecule has 0 aliphatic heterocycles. The molecule has 4 nitrogen and oxygen atoms in total. The summed E-state index contributed by atoms with van der Waals surface area (Å²) < 4.78 is 40.3. The predicted octanol–water partition coefficient (Wildman–Crippen LogP) is 4.40. The van der Waals surface area contributed by atoms with E-state index in [9.17, 15) is 17.9 Å². The van der Waals surface area contributed by atoms with Crippen LogP contribution in [0.5, 0.6) is 5.75 Å². The summed E-state index contributed by atoms with van der Waals surface area (Å²) in [5.74, 6) is -1.14. The number of nitrogens with one attached hydrogen (secondary N) is 1. The Hall–Kier alpha value is -1.02. The summed E-state index contributed by atoms with van der Waals surface area (Å²) in [6, 6.07) is 5.57.